The monoisotopic (exact) mass is 332 g/mol. The number of halogens is 1. The number of nitrogens with one attached hydrogen (secondary N) is 1. The number of hydrogen-bond donors (Lipinski definition) is 2. The van der Waals surface area contributed by atoms with E-state index in [2.05, 4.69) is 15.1 Å². The zero-order valence-electron chi connectivity index (χ0n) is 12.7. The van der Waals surface area contributed by atoms with Crippen LogP contribution in [0.25, 0.3) is 22.3 Å². The van der Waals surface area contributed by atoms with Crippen LogP contribution in [-0.2, 0) is 0 Å². The van der Waals surface area contributed by atoms with Crippen molar-refractivity contribution >= 4 is 22.7 Å². The van der Waals surface area contributed by atoms with Gasteiger partial charge in [-0.15, -0.1) is 0 Å². The molecule has 0 radical (unpaired) electrons. The average Bonchev–Trinajstić information content (AvgIpc) is 3.08. The maximum absolute atomic E-state index is 13.4. The van der Waals surface area contributed by atoms with E-state index in [0.29, 0.717) is 18.3 Å². The normalized spacial score (nSPS) is 16.7. The summed E-state index contributed by atoms with van der Waals surface area (Å²) in [5.74, 6) is 2.90. The summed E-state index contributed by atoms with van der Waals surface area (Å²) in [5, 5.41) is 15.5. The highest BCUT2D eigenvalue weighted by atomic mass is 32.2. The fourth-order valence-corrected chi connectivity index (χ4v) is 3.48. The largest absolute Gasteiger partial charge is 0.385 e. The first-order chi connectivity index (χ1) is 11.2. The molecule has 4 rings (SSSR count). The van der Waals surface area contributed by atoms with Crippen molar-refractivity contribution in [3.8, 4) is 11.4 Å². The zero-order valence-corrected chi connectivity index (χ0v) is 13.5. The fraction of sp³-hybridized carbons (Fsp3) is 0.375. The van der Waals surface area contributed by atoms with E-state index in [1.165, 1.54) is 12.1 Å². The molecule has 2 aromatic heterocycles. The second kappa shape index (κ2) is 5.65. The summed E-state index contributed by atoms with van der Waals surface area (Å²) in [5.41, 5.74) is 1.62. The van der Waals surface area contributed by atoms with E-state index in [1.807, 2.05) is 29.6 Å². The molecule has 3 heterocycles. The summed E-state index contributed by atoms with van der Waals surface area (Å²) in [4.78, 5) is 7.67. The van der Waals surface area contributed by atoms with Gasteiger partial charge in [0.05, 0.1) is 6.04 Å². The predicted octanol–water partition coefficient (Wildman–Crippen LogP) is 3.30. The number of nitrogens with zero attached hydrogens (tertiary/aromatic N) is 3. The number of fused-ring (bicyclic) bond motifs is 1. The number of aliphatic hydroxyl groups is 1. The second-order valence-electron chi connectivity index (χ2n) is 5.75. The lowest BCUT2D eigenvalue weighted by Gasteiger charge is -2.26. The predicted molar refractivity (Wildman–Crippen MR) is 88.9 cm³/mol. The molecule has 0 bridgehead atoms. The molecule has 23 heavy (non-hydrogen) atoms. The third-order valence-corrected chi connectivity index (χ3v) is 5.42. The number of aromatic amines is 1. The van der Waals surface area contributed by atoms with Crippen molar-refractivity contribution < 1.29 is 9.50 Å². The number of thioether (sulfide) groups is 1. The van der Waals surface area contributed by atoms with Gasteiger partial charge in [-0.05, 0) is 24.6 Å². The molecule has 0 amide bonds. The van der Waals surface area contributed by atoms with Crippen LogP contribution >= 0.6 is 11.8 Å². The van der Waals surface area contributed by atoms with Gasteiger partial charge in [0.1, 0.15) is 11.9 Å². The molecule has 1 fully saturated rings. The second-order valence-corrected chi connectivity index (χ2v) is 6.82. The Hall–Kier alpha value is -1.86. The molecule has 1 saturated heterocycles. The average molecular weight is 332 g/mol. The number of aromatic nitrogens is 4. The molecule has 1 aromatic carbocycles. The van der Waals surface area contributed by atoms with Crippen molar-refractivity contribution in [1.29, 1.82) is 0 Å². The zero-order chi connectivity index (χ0) is 16.0. The van der Waals surface area contributed by atoms with Crippen LogP contribution in [0, 0.1) is 5.82 Å². The van der Waals surface area contributed by atoms with Gasteiger partial charge in [-0.3, -0.25) is 0 Å². The van der Waals surface area contributed by atoms with Gasteiger partial charge in [-0.2, -0.15) is 16.9 Å². The van der Waals surface area contributed by atoms with E-state index >= 15 is 0 Å². The lowest BCUT2D eigenvalue weighted by atomic mass is 10.1. The first-order valence-electron chi connectivity index (χ1n) is 7.66. The summed E-state index contributed by atoms with van der Waals surface area (Å²) in [6, 6.07) is 4.97. The minimum Gasteiger partial charge on any atom is -0.385 e. The Balaban J connectivity index is 1.86. The van der Waals surface area contributed by atoms with Gasteiger partial charge in [0.2, 0.25) is 0 Å². The summed E-state index contributed by atoms with van der Waals surface area (Å²) in [6.45, 7) is 1.90. The molecule has 1 aliphatic rings. The van der Waals surface area contributed by atoms with Crippen molar-refractivity contribution in [2.75, 3.05) is 11.5 Å². The Morgan fingerprint density at radius 3 is 3.00 bits per heavy atom. The summed E-state index contributed by atoms with van der Waals surface area (Å²) < 4.78 is 15.3. The van der Waals surface area contributed by atoms with Crippen molar-refractivity contribution in [2.45, 2.75) is 25.5 Å². The summed E-state index contributed by atoms with van der Waals surface area (Å²) >= 11 is 1.87. The van der Waals surface area contributed by atoms with E-state index in [0.717, 1.165) is 33.8 Å². The molecule has 3 aromatic rings. The highest BCUT2D eigenvalue weighted by Crippen LogP contribution is 2.35. The molecule has 1 aliphatic heterocycles. The van der Waals surface area contributed by atoms with E-state index in [9.17, 15) is 9.50 Å². The van der Waals surface area contributed by atoms with Gasteiger partial charge in [0.25, 0.3) is 0 Å². The van der Waals surface area contributed by atoms with Crippen molar-refractivity contribution in [2.24, 2.45) is 0 Å². The van der Waals surface area contributed by atoms with E-state index in [4.69, 9.17) is 0 Å². The topological polar surface area (TPSA) is 66.7 Å². The Morgan fingerprint density at radius 2 is 2.30 bits per heavy atom. The molecule has 0 spiro atoms. The number of hydrogen-bond acceptors (Lipinski definition) is 4. The first kappa shape index (κ1) is 14.7. The Morgan fingerprint density at radius 1 is 1.48 bits per heavy atom. The summed E-state index contributed by atoms with van der Waals surface area (Å²) in [6.07, 6.45) is 1.74. The summed E-state index contributed by atoms with van der Waals surface area (Å²) in [7, 11) is 0. The molecule has 7 heteroatoms. The SMILES string of the molecule is CCC(O)c1nc(-c2c[nH]c3cc(F)ccc23)n(C2CSC2)n1. The molecule has 0 aliphatic carbocycles. The van der Waals surface area contributed by atoms with Gasteiger partial charge in [0.15, 0.2) is 11.6 Å². The Kier molecular flexibility index (Phi) is 3.61. The maximum atomic E-state index is 13.4. The minimum atomic E-state index is -0.662. The molecular formula is C16H17FN4OS. The van der Waals surface area contributed by atoms with Crippen LogP contribution in [-0.4, -0.2) is 36.4 Å². The van der Waals surface area contributed by atoms with Crippen LogP contribution in [0.5, 0.6) is 0 Å². The van der Waals surface area contributed by atoms with Crippen molar-refractivity contribution in [1.82, 2.24) is 19.7 Å². The number of H-pyrrole nitrogens is 1. The highest BCUT2D eigenvalue weighted by Gasteiger charge is 2.28. The maximum Gasteiger partial charge on any atom is 0.179 e. The van der Waals surface area contributed by atoms with Gasteiger partial charge in [0, 0.05) is 34.2 Å². The van der Waals surface area contributed by atoms with E-state index in [-0.39, 0.29) is 5.82 Å². The number of rotatable bonds is 4. The number of aliphatic hydroxyl groups excluding tert-OH is 1. The van der Waals surface area contributed by atoms with Crippen LogP contribution in [0.15, 0.2) is 24.4 Å². The lowest BCUT2D eigenvalue weighted by Crippen LogP contribution is -2.24. The Bertz CT molecular complexity index is 855. The van der Waals surface area contributed by atoms with Crippen LogP contribution in [0.1, 0.15) is 31.3 Å². The smallest absolute Gasteiger partial charge is 0.179 e. The molecule has 5 nitrogen and oxygen atoms in total. The molecule has 1 atom stereocenters. The van der Waals surface area contributed by atoms with E-state index < -0.39 is 6.10 Å². The molecule has 2 N–H and O–H groups in total. The highest BCUT2D eigenvalue weighted by molar-refractivity contribution is 8.00. The molecular weight excluding hydrogens is 315 g/mol. The third kappa shape index (κ3) is 2.44. The van der Waals surface area contributed by atoms with Gasteiger partial charge >= 0.3 is 0 Å². The van der Waals surface area contributed by atoms with Crippen LogP contribution in [0.4, 0.5) is 4.39 Å². The molecule has 120 valence electrons. The first-order valence-corrected chi connectivity index (χ1v) is 8.82. The molecule has 0 saturated carbocycles. The van der Waals surface area contributed by atoms with Crippen LogP contribution in [0.2, 0.25) is 0 Å². The van der Waals surface area contributed by atoms with Gasteiger partial charge < -0.3 is 10.1 Å². The van der Waals surface area contributed by atoms with Crippen LogP contribution < -0.4 is 0 Å². The van der Waals surface area contributed by atoms with E-state index in [1.54, 1.807) is 6.07 Å². The third-order valence-electron chi connectivity index (χ3n) is 4.18. The van der Waals surface area contributed by atoms with Crippen molar-refractivity contribution in [3.05, 3.63) is 36.0 Å². The van der Waals surface area contributed by atoms with Gasteiger partial charge in [-0.25, -0.2) is 14.1 Å². The number of benzene rings is 1. The standard InChI is InChI=1S/C16H17FN4OS/c1-2-14(22)15-19-16(21(20-15)10-7-23-8-10)12-6-18-13-5-9(17)3-4-11(12)13/h3-6,10,14,18,22H,2,7-8H2,1H3. The molecule has 1 unspecified atom stereocenters. The fourth-order valence-electron chi connectivity index (χ4n) is 2.75. The quantitative estimate of drug-likeness (QED) is 0.769. The van der Waals surface area contributed by atoms with Crippen LogP contribution in [0.3, 0.4) is 0 Å². The minimum absolute atomic E-state index is 0.273. The Labute approximate surface area is 136 Å². The van der Waals surface area contributed by atoms with Gasteiger partial charge in [-0.1, -0.05) is 6.92 Å². The van der Waals surface area contributed by atoms with Crippen molar-refractivity contribution in [3.63, 3.8) is 0 Å². The lowest BCUT2D eigenvalue weighted by molar-refractivity contribution is 0.163.